The van der Waals surface area contributed by atoms with Crippen molar-refractivity contribution in [3.05, 3.63) is 30.0 Å². The largest absolute Gasteiger partial charge is 0.479 e. The van der Waals surface area contributed by atoms with Gasteiger partial charge in [-0.25, -0.2) is 4.79 Å². The van der Waals surface area contributed by atoms with Crippen LogP contribution in [0.2, 0.25) is 0 Å². The Morgan fingerprint density at radius 3 is 3.00 bits per heavy atom. The van der Waals surface area contributed by atoms with E-state index in [0.717, 1.165) is 10.9 Å². The van der Waals surface area contributed by atoms with Gasteiger partial charge in [-0.2, -0.15) is 5.10 Å². The maximum Gasteiger partial charge on any atom is 0.334 e. The summed E-state index contributed by atoms with van der Waals surface area (Å²) in [6.07, 6.45) is 0.558. The number of nitrogens with zero attached hydrogens (tertiary/aromatic N) is 1. The third kappa shape index (κ3) is 2.89. The van der Waals surface area contributed by atoms with E-state index in [0.29, 0.717) is 5.56 Å². The first kappa shape index (κ1) is 13.0. The summed E-state index contributed by atoms with van der Waals surface area (Å²) in [5, 5.41) is 18.7. The molecule has 7 nitrogen and oxygen atoms in total. The van der Waals surface area contributed by atoms with Gasteiger partial charge in [0.1, 0.15) is 0 Å². The Kier molecular flexibility index (Phi) is 3.76. The number of benzene rings is 1. The molecule has 0 aliphatic rings. The summed E-state index contributed by atoms with van der Waals surface area (Å²) in [5.74, 6) is -1.47. The quantitative estimate of drug-likeness (QED) is 0.724. The zero-order valence-corrected chi connectivity index (χ0v) is 10.2. The van der Waals surface area contributed by atoms with Crippen molar-refractivity contribution in [2.45, 2.75) is 6.10 Å². The molecule has 1 atom stereocenters. The van der Waals surface area contributed by atoms with E-state index in [2.05, 4.69) is 15.5 Å². The summed E-state index contributed by atoms with van der Waals surface area (Å²) in [6, 6.07) is 5.05. The number of hydrogen-bond acceptors (Lipinski definition) is 4. The number of ether oxygens (including phenoxy) is 1. The molecular formula is C12H13N3O4. The maximum absolute atomic E-state index is 11.9. The van der Waals surface area contributed by atoms with Crippen LogP contribution in [-0.4, -0.2) is 46.9 Å². The average Bonchev–Trinajstić information content (AvgIpc) is 2.85. The highest BCUT2D eigenvalue weighted by Gasteiger charge is 2.17. The van der Waals surface area contributed by atoms with Crippen molar-refractivity contribution >= 4 is 22.8 Å². The number of nitrogens with one attached hydrogen (secondary N) is 2. The van der Waals surface area contributed by atoms with Gasteiger partial charge in [-0.15, -0.1) is 0 Å². The van der Waals surface area contributed by atoms with Crippen LogP contribution in [-0.2, 0) is 9.53 Å². The number of aromatic nitrogens is 2. The zero-order valence-electron chi connectivity index (χ0n) is 10.2. The normalized spacial score (nSPS) is 12.3. The predicted molar refractivity (Wildman–Crippen MR) is 66.9 cm³/mol. The Morgan fingerprint density at radius 1 is 1.53 bits per heavy atom. The minimum atomic E-state index is -1.12. The molecule has 0 aliphatic carbocycles. The number of carboxylic acid groups (broad SMARTS) is 1. The van der Waals surface area contributed by atoms with Gasteiger partial charge in [0.05, 0.1) is 18.3 Å². The molecule has 1 unspecified atom stereocenters. The van der Waals surface area contributed by atoms with E-state index in [9.17, 15) is 9.59 Å². The second-order valence-corrected chi connectivity index (χ2v) is 3.94. The molecule has 0 radical (unpaired) electrons. The second kappa shape index (κ2) is 5.49. The minimum Gasteiger partial charge on any atom is -0.479 e. The smallest absolute Gasteiger partial charge is 0.334 e. The molecule has 3 N–H and O–H groups in total. The molecule has 0 saturated heterocycles. The lowest BCUT2D eigenvalue weighted by atomic mass is 10.1. The highest BCUT2D eigenvalue weighted by Crippen LogP contribution is 2.12. The monoisotopic (exact) mass is 263 g/mol. The molecule has 1 aromatic carbocycles. The number of methoxy groups -OCH3 is 1. The lowest BCUT2D eigenvalue weighted by Crippen LogP contribution is -2.37. The van der Waals surface area contributed by atoms with Crippen LogP contribution in [0.15, 0.2) is 24.4 Å². The van der Waals surface area contributed by atoms with Crippen molar-refractivity contribution in [3.63, 3.8) is 0 Å². The molecule has 1 aromatic heterocycles. The van der Waals surface area contributed by atoms with Crippen molar-refractivity contribution in [1.82, 2.24) is 15.5 Å². The molecule has 0 aliphatic heterocycles. The van der Waals surface area contributed by atoms with E-state index < -0.39 is 12.1 Å². The molecule has 100 valence electrons. The first-order chi connectivity index (χ1) is 9.11. The van der Waals surface area contributed by atoms with Crippen molar-refractivity contribution in [2.24, 2.45) is 0 Å². The van der Waals surface area contributed by atoms with Crippen LogP contribution in [0, 0.1) is 0 Å². The summed E-state index contributed by atoms with van der Waals surface area (Å²) in [4.78, 5) is 22.6. The predicted octanol–water partition coefficient (Wildman–Crippen LogP) is 0.392. The third-order valence-electron chi connectivity index (χ3n) is 2.71. The lowest BCUT2D eigenvalue weighted by molar-refractivity contribution is -0.148. The van der Waals surface area contributed by atoms with Crippen LogP contribution in [0.1, 0.15) is 10.4 Å². The molecule has 0 spiro atoms. The van der Waals surface area contributed by atoms with Crippen LogP contribution in [0.3, 0.4) is 0 Å². The molecule has 1 amide bonds. The van der Waals surface area contributed by atoms with Gasteiger partial charge in [0.25, 0.3) is 5.91 Å². The Balaban J connectivity index is 2.05. The van der Waals surface area contributed by atoms with Gasteiger partial charge in [0.2, 0.25) is 0 Å². The number of carbonyl (C=O) groups excluding carboxylic acids is 1. The standard InChI is InChI=1S/C12H13N3O4/c1-19-10(12(17)18)6-13-11(16)7-2-3-9-8(4-7)5-14-15-9/h2-5,10H,6H2,1H3,(H,13,16)(H,14,15)(H,17,18). The summed E-state index contributed by atoms with van der Waals surface area (Å²) in [7, 11) is 1.28. The molecule has 2 rings (SSSR count). The molecule has 0 bridgehead atoms. The molecule has 1 heterocycles. The summed E-state index contributed by atoms with van der Waals surface area (Å²) < 4.78 is 4.73. The van der Waals surface area contributed by atoms with E-state index >= 15 is 0 Å². The number of rotatable bonds is 5. The zero-order chi connectivity index (χ0) is 13.8. The topological polar surface area (TPSA) is 104 Å². The Bertz CT molecular complexity index is 608. The van der Waals surface area contributed by atoms with Gasteiger partial charge >= 0.3 is 5.97 Å². The molecule has 19 heavy (non-hydrogen) atoms. The lowest BCUT2D eigenvalue weighted by Gasteiger charge is -2.11. The Morgan fingerprint density at radius 2 is 2.32 bits per heavy atom. The number of carbonyl (C=O) groups is 2. The number of aliphatic carboxylic acids is 1. The maximum atomic E-state index is 11.9. The van der Waals surface area contributed by atoms with Crippen molar-refractivity contribution < 1.29 is 19.4 Å². The van der Waals surface area contributed by atoms with E-state index in [1.54, 1.807) is 24.4 Å². The molecule has 2 aromatic rings. The highest BCUT2D eigenvalue weighted by atomic mass is 16.5. The SMILES string of the molecule is COC(CNC(=O)c1ccc2[nH]ncc2c1)C(=O)O. The van der Waals surface area contributed by atoms with Crippen LogP contribution >= 0.6 is 0 Å². The minimum absolute atomic E-state index is 0.0892. The Hall–Kier alpha value is -2.41. The van der Waals surface area contributed by atoms with Crippen LogP contribution < -0.4 is 5.32 Å². The van der Waals surface area contributed by atoms with Crippen molar-refractivity contribution in [2.75, 3.05) is 13.7 Å². The molecule has 0 fully saturated rings. The number of hydrogen-bond donors (Lipinski definition) is 3. The fourth-order valence-electron chi connectivity index (χ4n) is 1.64. The molecular weight excluding hydrogens is 250 g/mol. The third-order valence-corrected chi connectivity index (χ3v) is 2.71. The number of carboxylic acids is 1. The van der Waals surface area contributed by atoms with Gasteiger partial charge in [-0.1, -0.05) is 0 Å². The number of aromatic amines is 1. The summed E-state index contributed by atoms with van der Waals surface area (Å²) in [5.41, 5.74) is 1.27. The number of H-pyrrole nitrogens is 1. The van der Waals surface area contributed by atoms with Gasteiger partial charge in [-0.3, -0.25) is 9.89 Å². The number of fused-ring (bicyclic) bond motifs is 1. The van der Waals surface area contributed by atoms with E-state index in [1.165, 1.54) is 7.11 Å². The van der Waals surface area contributed by atoms with Crippen LogP contribution in [0.25, 0.3) is 10.9 Å². The fourth-order valence-corrected chi connectivity index (χ4v) is 1.64. The van der Waals surface area contributed by atoms with E-state index in [-0.39, 0.29) is 12.5 Å². The van der Waals surface area contributed by atoms with Crippen molar-refractivity contribution in [1.29, 1.82) is 0 Å². The highest BCUT2D eigenvalue weighted by molar-refractivity contribution is 5.98. The van der Waals surface area contributed by atoms with Gasteiger partial charge in [0, 0.05) is 18.1 Å². The fraction of sp³-hybridized carbons (Fsp3) is 0.250. The summed E-state index contributed by atoms with van der Waals surface area (Å²) >= 11 is 0. The number of amides is 1. The Labute approximate surface area is 108 Å². The second-order valence-electron chi connectivity index (χ2n) is 3.94. The first-order valence-electron chi connectivity index (χ1n) is 5.58. The molecule has 0 saturated carbocycles. The van der Waals surface area contributed by atoms with Gasteiger partial charge < -0.3 is 15.2 Å². The molecule has 7 heteroatoms. The summed E-state index contributed by atoms with van der Waals surface area (Å²) in [6.45, 7) is -0.0892. The van der Waals surface area contributed by atoms with Crippen molar-refractivity contribution in [3.8, 4) is 0 Å². The first-order valence-corrected chi connectivity index (χ1v) is 5.58. The van der Waals surface area contributed by atoms with Gasteiger partial charge in [-0.05, 0) is 18.2 Å². The van der Waals surface area contributed by atoms with Gasteiger partial charge in [0.15, 0.2) is 6.10 Å². The van der Waals surface area contributed by atoms with E-state index in [4.69, 9.17) is 9.84 Å². The van der Waals surface area contributed by atoms with Crippen LogP contribution in [0.4, 0.5) is 0 Å². The average molecular weight is 263 g/mol. The van der Waals surface area contributed by atoms with E-state index in [1.807, 2.05) is 0 Å². The van der Waals surface area contributed by atoms with Crippen LogP contribution in [0.5, 0.6) is 0 Å².